The van der Waals surface area contributed by atoms with Gasteiger partial charge in [-0.25, -0.2) is 0 Å². The third-order valence-corrected chi connectivity index (χ3v) is 3.11. The van der Waals surface area contributed by atoms with Crippen molar-refractivity contribution in [2.24, 2.45) is 0 Å². The molecule has 0 spiro atoms. The van der Waals surface area contributed by atoms with E-state index in [0.29, 0.717) is 5.69 Å². The van der Waals surface area contributed by atoms with Crippen LogP contribution in [0.5, 0.6) is 0 Å². The molecule has 0 saturated carbocycles. The Morgan fingerprint density at radius 3 is 2.33 bits per heavy atom. The van der Waals surface area contributed by atoms with E-state index in [2.05, 4.69) is 5.32 Å². The summed E-state index contributed by atoms with van der Waals surface area (Å²) in [7, 11) is 0. The lowest BCUT2D eigenvalue weighted by molar-refractivity contribution is -0.385. The smallest absolute Gasteiger partial charge is 0.282 e. The van der Waals surface area contributed by atoms with E-state index in [1.807, 2.05) is 19.9 Å². The van der Waals surface area contributed by atoms with Crippen molar-refractivity contribution in [3.8, 4) is 0 Å². The van der Waals surface area contributed by atoms with Gasteiger partial charge in [-0.3, -0.25) is 14.9 Å². The summed E-state index contributed by atoms with van der Waals surface area (Å²) in [4.78, 5) is 22.6. The number of carbonyl (C=O) groups is 1. The van der Waals surface area contributed by atoms with Gasteiger partial charge in [-0.05, 0) is 49.2 Å². The zero-order chi connectivity index (χ0) is 15.6. The minimum absolute atomic E-state index is 0.0633. The molecule has 1 N–H and O–H groups in total. The van der Waals surface area contributed by atoms with Crippen LogP contribution >= 0.6 is 11.6 Å². The lowest BCUT2D eigenvalue weighted by Gasteiger charge is -2.08. The molecule has 0 aliphatic heterocycles. The van der Waals surface area contributed by atoms with Gasteiger partial charge in [-0.2, -0.15) is 0 Å². The zero-order valence-electron chi connectivity index (χ0n) is 11.5. The number of anilines is 1. The molecule has 0 saturated heterocycles. The Kier molecular flexibility index (Phi) is 4.23. The fourth-order valence-corrected chi connectivity index (χ4v) is 2.27. The van der Waals surface area contributed by atoms with Crippen LogP contribution in [0.25, 0.3) is 0 Å². The minimum atomic E-state index is -0.604. The number of hydrogen-bond acceptors (Lipinski definition) is 3. The number of amides is 1. The van der Waals surface area contributed by atoms with Crippen LogP contribution in [0.15, 0.2) is 36.4 Å². The summed E-state index contributed by atoms with van der Waals surface area (Å²) in [5.74, 6) is -0.561. The molecule has 2 rings (SSSR count). The van der Waals surface area contributed by atoms with Crippen molar-refractivity contribution < 1.29 is 9.72 Å². The van der Waals surface area contributed by atoms with Crippen molar-refractivity contribution in [3.05, 3.63) is 68.2 Å². The summed E-state index contributed by atoms with van der Waals surface area (Å²) >= 11 is 5.82. The molecule has 6 heteroatoms. The topological polar surface area (TPSA) is 72.2 Å². The molecule has 0 atom stereocenters. The largest absolute Gasteiger partial charge is 0.322 e. The van der Waals surface area contributed by atoms with Crippen molar-refractivity contribution in [1.29, 1.82) is 0 Å². The number of nitro benzene ring substituents is 1. The highest BCUT2D eigenvalue weighted by atomic mass is 35.5. The Labute approximate surface area is 126 Å². The second kappa shape index (κ2) is 5.93. The van der Waals surface area contributed by atoms with Gasteiger partial charge < -0.3 is 5.32 Å². The average molecular weight is 305 g/mol. The maximum absolute atomic E-state index is 12.2. The predicted molar refractivity (Wildman–Crippen MR) is 82.0 cm³/mol. The van der Waals surface area contributed by atoms with E-state index in [1.54, 1.807) is 12.1 Å². The standard InChI is InChI=1S/C15H13ClN2O3/c1-9-5-10(2)7-12(6-9)17-15(19)13-8-11(16)3-4-14(13)18(20)21/h3-8H,1-2H3,(H,17,19). The van der Waals surface area contributed by atoms with Crippen molar-refractivity contribution in [1.82, 2.24) is 0 Å². The molecule has 0 heterocycles. The first-order valence-electron chi connectivity index (χ1n) is 6.20. The molecular formula is C15H13ClN2O3. The van der Waals surface area contributed by atoms with E-state index < -0.39 is 10.8 Å². The summed E-state index contributed by atoms with van der Waals surface area (Å²) < 4.78 is 0. The van der Waals surface area contributed by atoms with Crippen LogP contribution in [0.3, 0.4) is 0 Å². The van der Waals surface area contributed by atoms with Crippen LogP contribution in [0, 0.1) is 24.0 Å². The van der Waals surface area contributed by atoms with Crippen molar-refractivity contribution in [2.45, 2.75) is 13.8 Å². The molecule has 1 amide bonds. The molecule has 21 heavy (non-hydrogen) atoms. The molecule has 2 aromatic carbocycles. The van der Waals surface area contributed by atoms with Gasteiger partial charge >= 0.3 is 0 Å². The first-order valence-corrected chi connectivity index (χ1v) is 6.58. The van der Waals surface area contributed by atoms with Gasteiger partial charge in [-0.1, -0.05) is 17.7 Å². The Balaban J connectivity index is 2.36. The number of halogens is 1. The summed E-state index contributed by atoms with van der Waals surface area (Å²) in [6.45, 7) is 3.81. The molecule has 0 aliphatic carbocycles. The van der Waals surface area contributed by atoms with Gasteiger partial charge in [0.15, 0.2) is 0 Å². The quantitative estimate of drug-likeness (QED) is 0.685. The van der Waals surface area contributed by atoms with Crippen molar-refractivity contribution in [2.75, 3.05) is 5.32 Å². The number of benzene rings is 2. The number of hydrogen-bond donors (Lipinski definition) is 1. The predicted octanol–water partition coefficient (Wildman–Crippen LogP) is 4.12. The van der Waals surface area contributed by atoms with Gasteiger partial charge in [0, 0.05) is 16.8 Å². The van der Waals surface area contributed by atoms with Crippen LogP contribution in [0.4, 0.5) is 11.4 Å². The Bertz CT molecular complexity index is 709. The summed E-state index contributed by atoms with van der Waals surface area (Å²) in [6.07, 6.45) is 0. The molecule has 0 fully saturated rings. The average Bonchev–Trinajstić information content (AvgIpc) is 2.36. The van der Waals surface area contributed by atoms with Crippen molar-refractivity contribution in [3.63, 3.8) is 0 Å². The van der Waals surface area contributed by atoms with Gasteiger partial charge in [0.2, 0.25) is 0 Å². The van der Waals surface area contributed by atoms with Crippen LogP contribution in [0.2, 0.25) is 5.02 Å². The molecular weight excluding hydrogens is 292 g/mol. The zero-order valence-corrected chi connectivity index (χ0v) is 12.3. The van der Waals surface area contributed by atoms with Crippen LogP contribution in [-0.4, -0.2) is 10.8 Å². The highest BCUT2D eigenvalue weighted by Crippen LogP contribution is 2.24. The number of carbonyl (C=O) groups excluding carboxylic acids is 1. The van der Waals surface area contributed by atoms with E-state index in [1.165, 1.54) is 18.2 Å². The number of nitrogens with one attached hydrogen (secondary N) is 1. The number of nitro groups is 1. The molecule has 0 bridgehead atoms. The van der Waals surface area contributed by atoms with Gasteiger partial charge in [0.25, 0.3) is 11.6 Å². The van der Waals surface area contributed by atoms with E-state index in [0.717, 1.165) is 11.1 Å². The lowest BCUT2D eigenvalue weighted by Crippen LogP contribution is -2.14. The fourth-order valence-electron chi connectivity index (χ4n) is 2.09. The van der Waals surface area contributed by atoms with Crippen LogP contribution in [0.1, 0.15) is 21.5 Å². The maximum atomic E-state index is 12.2. The molecule has 2 aromatic rings. The van der Waals surface area contributed by atoms with E-state index in [-0.39, 0.29) is 16.3 Å². The highest BCUT2D eigenvalue weighted by Gasteiger charge is 2.20. The second-order valence-corrected chi connectivity index (χ2v) is 5.19. The molecule has 0 radical (unpaired) electrons. The highest BCUT2D eigenvalue weighted by molar-refractivity contribution is 6.31. The molecule has 108 valence electrons. The Hall–Kier alpha value is -2.40. The van der Waals surface area contributed by atoms with Gasteiger partial charge in [-0.15, -0.1) is 0 Å². The number of rotatable bonds is 3. The summed E-state index contributed by atoms with van der Waals surface area (Å²) in [5, 5.41) is 13.9. The van der Waals surface area contributed by atoms with E-state index in [4.69, 9.17) is 11.6 Å². The van der Waals surface area contributed by atoms with Gasteiger partial charge in [0.05, 0.1) is 4.92 Å². The SMILES string of the molecule is Cc1cc(C)cc(NC(=O)c2cc(Cl)ccc2[N+](=O)[O-])c1. The number of aryl methyl sites for hydroxylation is 2. The molecule has 0 aromatic heterocycles. The van der Waals surface area contributed by atoms with Crippen LogP contribution in [-0.2, 0) is 0 Å². The maximum Gasteiger partial charge on any atom is 0.282 e. The summed E-state index contributed by atoms with van der Waals surface area (Å²) in [6, 6.07) is 9.45. The monoisotopic (exact) mass is 304 g/mol. The first-order chi connectivity index (χ1) is 9.86. The third kappa shape index (κ3) is 3.58. The first kappa shape index (κ1) is 15.0. The Morgan fingerprint density at radius 1 is 1.14 bits per heavy atom. The van der Waals surface area contributed by atoms with E-state index in [9.17, 15) is 14.9 Å². The molecule has 0 aliphatic rings. The Morgan fingerprint density at radius 2 is 1.76 bits per heavy atom. The normalized spacial score (nSPS) is 10.2. The van der Waals surface area contributed by atoms with Gasteiger partial charge in [0.1, 0.15) is 5.56 Å². The molecule has 0 unspecified atom stereocenters. The lowest BCUT2D eigenvalue weighted by atomic mass is 10.1. The minimum Gasteiger partial charge on any atom is -0.322 e. The fraction of sp³-hybridized carbons (Fsp3) is 0.133. The number of nitrogens with zero attached hydrogens (tertiary/aromatic N) is 1. The third-order valence-electron chi connectivity index (χ3n) is 2.88. The van der Waals surface area contributed by atoms with Crippen LogP contribution < -0.4 is 5.32 Å². The summed E-state index contributed by atoms with van der Waals surface area (Å²) in [5.41, 5.74) is 2.23. The second-order valence-electron chi connectivity index (χ2n) is 4.75. The van der Waals surface area contributed by atoms with Crippen molar-refractivity contribution >= 4 is 28.9 Å². The molecule has 5 nitrogen and oxygen atoms in total. The van der Waals surface area contributed by atoms with E-state index >= 15 is 0 Å².